The zero-order valence-electron chi connectivity index (χ0n) is 11.9. The highest BCUT2D eigenvalue weighted by atomic mass is 19.4. The van der Waals surface area contributed by atoms with Crippen LogP contribution in [0.15, 0.2) is 30.3 Å². The molecule has 1 aromatic carbocycles. The molecule has 23 heavy (non-hydrogen) atoms. The number of benzene rings is 1. The van der Waals surface area contributed by atoms with Gasteiger partial charge in [-0.05, 0) is 30.3 Å². The van der Waals surface area contributed by atoms with Crippen molar-refractivity contribution in [3.8, 4) is 17.0 Å². The van der Waals surface area contributed by atoms with Crippen LogP contribution in [0.25, 0.3) is 11.3 Å². The van der Waals surface area contributed by atoms with E-state index >= 15 is 0 Å². The van der Waals surface area contributed by atoms with Gasteiger partial charge in [-0.1, -0.05) is 0 Å². The number of carboxylic acids is 1. The lowest BCUT2D eigenvalue weighted by Crippen LogP contribution is -2.17. The first kappa shape index (κ1) is 16.5. The van der Waals surface area contributed by atoms with Crippen molar-refractivity contribution in [2.24, 2.45) is 0 Å². The van der Waals surface area contributed by atoms with E-state index in [9.17, 15) is 18.0 Å². The first-order valence-electron chi connectivity index (χ1n) is 6.36. The molecule has 0 aliphatic carbocycles. The van der Waals surface area contributed by atoms with Crippen molar-refractivity contribution in [3.63, 3.8) is 0 Å². The van der Waals surface area contributed by atoms with Crippen molar-refractivity contribution in [1.82, 2.24) is 9.97 Å². The van der Waals surface area contributed by atoms with Gasteiger partial charge in [0.25, 0.3) is 0 Å². The minimum atomic E-state index is -4.68. The number of carbonyl (C=O) groups is 1. The monoisotopic (exact) mass is 327 g/mol. The maximum atomic E-state index is 12.9. The van der Waals surface area contributed by atoms with Crippen molar-refractivity contribution in [1.29, 1.82) is 0 Å². The number of methoxy groups -OCH3 is 1. The summed E-state index contributed by atoms with van der Waals surface area (Å²) in [5.41, 5.74) is -0.730. The maximum absolute atomic E-state index is 12.9. The summed E-state index contributed by atoms with van der Waals surface area (Å²) >= 11 is 0. The molecule has 6 nitrogen and oxygen atoms in total. The van der Waals surface area contributed by atoms with Crippen LogP contribution < -0.4 is 10.1 Å². The zero-order valence-corrected chi connectivity index (χ0v) is 11.9. The van der Waals surface area contributed by atoms with Gasteiger partial charge >= 0.3 is 12.1 Å². The van der Waals surface area contributed by atoms with Crippen LogP contribution in [-0.2, 0) is 11.0 Å². The fourth-order valence-electron chi connectivity index (χ4n) is 1.74. The minimum Gasteiger partial charge on any atom is -0.497 e. The molecule has 0 atom stereocenters. The Kier molecular flexibility index (Phi) is 4.68. The molecule has 0 aliphatic heterocycles. The third-order valence-corrected chi connectivity index (χ3v) is 2.80. The summed E-state index contributed by atoms with van der Waals surface area (Å²) in [4.78, 5) is 17.7. The number of anilines is 1. The van der Waals surface area contributed by atoms with Crippen LogP contribution in [0.3, 0.4) is 0 Å². The number of carboxylic acid groups (broad SMARTS) is 1. The van der Waals surface area contributed by atoms with E-state index in [0.717, 1.165) is 6.07 Å². The molecule has 0 unspecified atom stereocenters. The largest absolute Gasteiger partial charge is 0.497 e. The average molecular weight is 327 g/mol. The Morgan fingerprint density at radius 3 is 2.43 bits per heavy atom. The molecule has 122 valence electrons. The van der Waals surface area contributed by atoms with Gasteiger partial charge in [0.1, 0.15) is 12.3 Å². The van der Waals surface area contributed by atoms with Crippen LogP contribution in [0.1, 0.15) is 5.69 Å². The number of rotatable bonds is 5. The number of ether oxygens (including phenoxy) is 1. The van der Waals surface area contributed by atoms with Crippen molar-refractivity contribution in [2.75, 3.05) is 19.0 Å². The van der Waals surface area contributed by atoms with E-state index in [2.05, 4.69) is 15.3 Å². The Hall–Kier alpha value is -2.84. The van der Waals surface area contributed by atoms with Crippen LogP contribution in [0.2, 0.25) is 0 Å². The van der Waals surface area contributed by atoms with E-state index in [-0.39, 0.29) is 5.69 Å². The standard InChI is InChI=1S/C14H12F3N3O3/c1-23-9-4-2-8(3-5-9)10-6-11(14(15,16)17)20-13(19-10)18-7-12(21)22/h2-6H,7H2,1H3,(H,21,22)(H,18,19,20). The number of aromatic nitrogens is 2. The van der Waals surface area contributed by atoms with E-state index in [1.165, 1.54) is 7.11 Å². The molecule has 2 rings (SSSR count). The molecule has 0 amide bonds. The highest BCUT2D eigenvalue weighted by Crippen LogP contribution is 2.31. The second kappa shape index (κ2) is 6.51. The smallest absolute Gasteiger partial charge is 0.433 e. The molecule has 0 bridgehead atoms. The topological polar surface area (TPSA) is 84.3 Å². The van der Waals surface area contributed by atoms with E-state index in [1.807, 2.05) is 0 Å². The minimum absolute atomic E-state index is 0.0165. The van der Waals surface area contributed by atoms with Gasteiger partial charge in [-0.25, -0.2) is 9.97 Å². The van der Waals surface area contributed by atoms with Crippen LogP contribution in [0.4, 0.5) is 19.1 Å². The number of alkyl halides is 3. The number of aliphatic carboxylic acids is 1. The fourth-order valence-corrected chi connectivity index (χ4v) is 1.74. The number of hydrogen-bond acceptors (Lipinski definition) is 5. The lowest BCUT2D eigenvalue weighted by molar-refractivity contribution is -0.141. The number of nitrogens with one attached hydrogen (secondary N) is 1. The highest BCUT2D eigenvalue weighted by molar-refractivity contribution is 5.72. The quantitative estimate of drug-likeness (QED) is 0.878. The highest BCUT2D eigenvalue weighted by Gasteiger charge is 2.33. The van der Waals surface area contributed by atoms with E-state index < -0.39 is 30.3 Å². The summed E-state index contributed by atoms with van der Waals surface area (Å²) in [6, 6.07) is 7.04. The summed E-state index contributed by atoms with van der Waals surface area (Å²) in [7, 11) is 1.47. The summed E-state index contributed by atoms with van der Waals surface area (Å²) in [5, 5.41) is 10.8. The van der Waals surface area contributed by atoms with E-state index in [1.54, 1.807) is 24.3 Å². The van der Waals surface area contributed by atoms with Crippen molar-refractivity contribution in [3.05, 3.63) is 36.0 Å². The average Bonchev–Trinajstić information content (AvgIpc) is 2.52. The summed E-state index contributed by atoms with van der Waals surface area (Å²) in [6.07, 6.45) is -4.68. The van der Waals surface area contributed by atoms with Crippen LogP contribution in [0.5, 0.6) is 5.75 Å². The molecule has 0 saturated heterocycles. The zero-order chi connectivity index (χ0) is 17.0. The summed E-state index contributed by atoms with van der Waals surface area (Å²) < 4.78 is 43.8. The van der Waals surface area contributed by atoms with Crippen LogP contribution in [-0.4, -0.2) is 34.7 Å². The van der Waals surface area contributed by atoms with Crippen molar-refractivity contribution in [2.45, 2.75) is 6.18 Å². The predicted octanol–water partition coefficient (Wildman–Crippen LogP) is 2.67. The van der Waals surface area contributed by atoms with Gasteiger partial charge in [0.05, 0.1) is 12.8 Å². The van der Waals surface area contributed by atoms with E-state index in [4.69, 9.17) is 9.84 Å². The Bertz CT molecular complexity index is 703. The van der Waals surface area contributed by atoms with Crippen molar-refractivity contribution >= 4 is 11.9 Å². The number of hydrogen-bond donors (Lipinski definition) is 2. The van der Waals surface area contributed by atoms with Crippen molar-refractivity contribution < 1.29 is 27.8 Å². The van der Waals surface area contributed by atoms with Gasteiger partial charge in [-0.2, -0.15) is 13.2 Å². The lowest BCUT2D eigenvalue weighted by atomic mass is 10.1. The Morgan fingerprint density at radius 2 is 1.91 bits per heavy atom. The Labute approximate surface area is 129 Å². The fraction of sp³-hybridized carbons (Fsp3) is 0.214. The summed E-state index contributed by atoms with van der Waals surface area (Å²) in [6.45, 7) is -0.594. The molecule has 2 aromatic rings. The molecule has 0 aliphatic rings. The van der Waals surface area contributed by atoms with Crippen LogP contribution >= 0.6 is 0 Å². The van der Waals surface area contributed by atoms with Gasteiger partial charge in [0.2, 0.25) is 5.95 Å². The third-order valence-electron chi connectivity index (χ3n) is 2.80. The Balaban J connectivity index is 2.43. The maximum Gasteiger partial charge on any atom is 0.433 e. The van der Waals surface area contributed by atoms with E-state index in [0.29, 0.717) is 11.3 Å². The van der Waals surface area contributed by atoms with Gasteiger partial charge in [-0.15, -0.1) is 0 Å². The second-order valence-corrected chi connectivity index (χ2v) is 4.44. The molecule has 1 heterocycles. The second-order valence-electron chi connectivity index (χ2n) is 4.44. The Morgan fingerprint density at radius 1 is 1.26 bits per heavy atom. The molecule has 0 saturated carbocycles. The normalized spacial score (nSPS) is 11.1. The molecule has 0 spiro atoms. The predicted molar refractivity (Wildman–Crippen MR) is 75.1 cm³/mol. The molecular weight excluding hydrogens is 315 g/mol. The van der Waals surface area contributed by atoms with Gasteiger partial charge in [0, 0.05) is 5.56 Å². The SMILES string of the molecule is COc1ccc(-c2cc(C(F)(F)F)nc(NCC(=O)O)n2)cc1. The molecule has 1 aromatic heterocycles. The third kappa shape index (κ3) is 4.31. The molecule has 0 fully saturated rings. The number of nitrogens with zero attached hydrogens (tertiary/aromatic N) is 2. The molecule has 9 heteroatoms. The lowest BCUT2D eigenvalue weighted by Gasteiger charge is -2.11. The summed E-state index contributed by atoms with van der Waals surface area (Å²) in [5.74, 6) is -1.10. The molecule has 0 radical (unpaired) electrons. The van der Waals surface area contributed by atoms with Gasteiger partial charge in [0.15, 0.2) is 5.69 Å². The molecular formula is C14H12F3N3O3. The first-order valence-corrected chi connectivity index (χ1v) is 6.36. The molecule has 2 N–H and O–H groups in total. The van der Waals surface area contributed by atoms with Crippen LogP contribution in [0, 0.1) is 0 Å². The first-order chi connectivity index (χ1) is 10.8. The van der Waals surface area contributed by atoms with Gasteiger partial charge in [-0.3, -0.25) is 4.79 Å². The number of halogens is 3. The van der Waals surface area contributed by atoms with Gasteiger partial charge < -0.3 is 15.2 Å².